The summed E-state index contributed by atoms with van der Waals surface area (Å²) in [6.45, 7) is 0.825. The summed E-state index contributed by atoms with van der Waals surface area (Å²) in [4.78, 5) is 15.5. The normalized spacial score (nSPS) is 10.4. The first-order chi connectivity index (χ1) is 8.65. The summed E-state index contributed by atoms with van der Waals surface area (Å²) in [7, 11) is 0. The molecule has 0 spiro atoms. The number of pyridine rings is 1. The number of unbranched alkanes of at least 4 members (excludes halogenated alkanes) is 3. The number of nitrogens with one attached hydrogen (secondary N) is 1. The lowest BCUT2D eigenvalue weighted by atomic mass is 10.2. The zero-order valence-corrected chi connectivity index (χ0v) is 11.5. The third kappa shape index (κ3) is 5.21. The van der Waals surface area contributed by atoms with E-state index < -0.39 is 0 Å². The third-order valence-electron chi connectivity index (χ3n) is 2.43. The van der Waals surface area contributed by atoms with E-state index in [0.717, 1.165) is 25.7 Å². The second-order valence-electron chi connectivity index (χ2n) is 3.89. The summed E-state index contributed by atoms with van der Waals surface area (Å²) < 4.78 is 0. The van der Waals surface area contributed by atoms with Crippen LogP contribution in [-0.4, -0.2) is 29.1 Å². The van der Waals surface area contributed by atoms with Gasteiger partial charge in [-0.2, -0.15) is 0 Å². The molecule has 0 atom stereocenters. The minimum atomic E-state index is -0.205. The molecule has 0 aliphatic rings. The van der Waals surface area contributed by atoms with E-state index in [2.05, 4.69) is 10.3 Å². The zero-order valence-electron chi connectivity index (χ0n) is 9.96. The molecule has 1 rings (SSSR count). The Balaban J connectivity index is 2.30. The van der Waals surface area contributed by atoms with Gasteiger partial charge in [-0.15, -0.1) is 0 Å². The summed E-state index contributed by atoms with van der Waals surface area (Å²) in [6.07, 6.45) is 5.06. The van der Waals surface area contributed by atoms with Gasteiger partial charge < -0.3 is 10.4 Å². The number of carbonyl (C=O) groups excluding carboxylic acids is 1. The van der Waals surface area contributed by atoms with Gasteiger partial charge in [-0.05, 0) is 18.9 Å². The van der Waals surface area contributed by atoms with Gasteiger partial charge in [-0.25, -0.2) is 4.98 Å². The molecule has 1 amide bonds. The largest absolute Gasteiger partial charge is 0.396 e. The Bertz CT molecular complexity index is 400. The van der Waals surface area contributed by atoms with Crippen molar-refractivity contribution in [2.75, 3.05) is 13.2 Å². The first-order valence-electron chi connectivity index (χ1n) is 5.85. The average Bonchev–Trinajstić information content (AvgIpc) is 2.36. The van der Waals surface area contributed by atoms with Crippen molar-refractivity contribution < 1.29 is 9.90 Å². The van der Waals surface area contributed by atoms with E-state index >= 15 is 0 Å². The second kappa shape index (κ2) is 8.29. The molecule has 0 aliphatic heterocycles. The standard InChI is InChI=1S/C12H16Cl2N2O2/c13-10-7-9(8-16-11(10)14)12(18)15-5-3-1-2-4-6-17/h7-8,17H,1-6H2,(H,15,18). The number of hydrogen-bond acceptors (Lipinski definition) is 3. The van der Waals surface area contributed by atoms with E-state index in [1.807, 2.05) is 0 Å². The van der Waals surface area contributed by atoms with Crippen LogP contribution in [0.3, 0.4) is 0 Å². The van der Waals surface area contributed by atoms with Crippen LogP contribution in [0.5, 0.6) is 0 Å². The van der Waals surface area contributed by atoms with Crippen LogP contribution in [0.4, 0.5) is 0 Å². The molecule has 6 heteroatoms. The predicted molar refractivity (Wildman–Crippen MR) is 72.1 cm³/mol. The Kier molecular flexibility index (Phi) is 7.01. The van der Waals surface area contributed by atoms with E-state index in [-0.39, 0.29) is 22.7 Å². The van der Waals surface area contributed by atoms with Crippen molar-refractivity contribution in [3.8, 4) is 0 Å². The van der Waals surface area contributed by atoms with Gasteiger partial charge in [0, 0.05) is 19.3 Å². The van der Waals surface area contributed by atoms with Crippen LogP contribution >= 0.6 is 23.2 Å². The fraction of sp³-hybridized carbons (Fsp3) is 0.500. The quantitative estimate of drug-likeness (QED) is 0.599. The van der Waals surface area contributed by atoms with E-state index in [0.29, 0.717) is 12.1 Å². The number of hydrogen-bond donors (Lipinski definition) is 2. The van der Waals surface area contributed by atoms with Gasteiger partial charge >= 0.3 is 0 Å². The molecule has 1 aromatic rings. The minimum absolute atomic E-state index is 0.192. The number of carbonyl (C=O) groups is 1. The Morgan fingerprint density at radius 3 is 2.67 bits per heavy atom. The SMILES string of the molecule is O=C(NCCCCCCO)c1cnc(Cl)c(Cl)c1. The van der Waals surface area contributed by atoms with Gasteiger partial charge in [-0.3, -0.25) is 4.79 Å². The highest BCUT2D eigenvalue weighted by molar-refractivity contribution is 6.41. The van der Waals surface area contributed by atoms with Crippen molar-refractivity contribution >= 4 is 29.1 Å². The van der Waals surface area contributed by atoms with Crippen molar-refractivity contribution in [1.82, 2.24) is 10.3 Å². The van der Waals surface area contributed by atoms with Crippen LogP contribution in [0, 0.1) is 0 Å². The Labute approximate surface area is 116 Å². The van der Waals surface area contributed by atoms with Gasteiger partial charge in [0.15, 0.2) is 0 Å². The first kappa shape index (κ1) is 15.2. The molecule has 4 nitrogen and oxygen atoms in total. The van der Waals surface area contributed by atoms with Crippen LogP contribution in [-0.2, 0) is 0 Å². The van der Waals surface area contributed by atoms with E-state index in [1.165, 1.54) is 12.3 Å². The average molecular weight is 291 g/mol. The molecule has 2 N–H and O–H groups in total. The molecule has 1 heterocycles. The number of aromatic nitrogens is 1. The zero-order chi connectivity index (χ0) is 13.4. The second-order valence-corrected chi connectivity index (χ2v) is 4.66. The molecule has 0 unspecified atom stereocenters. The number of aliphatic hydroxyl groups excluding tert-OH is 1. The van der Waals surface area contributed by atoms with Crippen LogP contribution in [0.15, 0.2) is 12.3 Å². The first-order valence-corrected chi connectivity index (χ1v) is 6.61. The van der Waals surface area contributed by atoms with Gasteiger partial charge in [0.05, 0.1) is 10.6 Å². The summed E-state index contributed by atoms with van der Waals surface area (Å²) in [5, 5.41) is 11.8. The predicted octanol–water partition coefficient (Wildman–Crippen LogP) is 2.67. The lowest BCUT2D eigenvalue weighted by Crippen LogP contribution is -2.24. The number of halogens is 2. The topological polar surface area (TPSA) is 62.2 Å². The number of nitrogens with zero attached hydrogens (tertiary/aromatic N) is 1. The fourth-order valence-electron chi connectivity index (χ4n) is 1.44. The maximum atomic E-state index is 11.7. The van der Waals surface area contributed by atoms with Crippen molar-refractivity contribution in [3.05, 3.63) is 28.0 Å². The van der Waals surface area contributed by atoms with Gasteiger partial charge in [-0.1, -0.05) is 36.0 Å². The molecule has 0 aliphatic carbocycles. The third-order valence-corrected chi connectivity index (χ3v) is 3.11. The van der Waals surface area contributed by atoms with Gasteiger partial charge in [0.1, 0.15) is 5.15 Å². The maximum absolute atomic E-state index is 11.7. The Morgan fingerprint density at radius 2 is 2.00 bits per heavy atom. The van der Waals surface area contributed by atoms with Crippen molar-refractivity contribution in [2.45, 2.75) is 25.7 Å². The highest BCUT2D eigenvalue weighted by Crippen LogP contribution is 2.19. The molecule has 100 valence electrons. The van der Waals surface area contributed by atoms with E-state index in [1.54, 1.807) is 0 Å². The summed E-state index contributed by atoms with van der Waals surface area (Å²) >= 11 is 11.4. The molecule has 0 radical (unpaired) electrons. The molecule has 0 saturated carbocycles. The Hall–Kier alpha value is -0.840. The summed E-state index contributed by atoms with van der Waals surface area (Å²) in [5.41, 5.74) is 0.403. The smallest absolute Gasteiger partial charge is 0.252 e. The van der Waals surface area contributed by atoms with Crippen molar-refractivity contribution in [2.24, 2.45) is 0 Å². The fourth-order valence-corrected chi connectivity index (χ4v) is 1.71. The van der Waals surface area contributed by atoms with Crippen LogP contribution in [0.25, 0.3) is 0 Å². The van der Waals surface area contributed by atoms with Crippen LogP contribution in [0.2, 0.25) is 10.2 Å². The van der Waals surface area contributed by atoms with E-state index in [4.69, 9.17) is 28.3 Å². The number of rotatable bonds is 7. The van der Waals surface area contributed by atoms with Crippen LogP contribution < -0.4 is 5.32 Å². The lowest BCUT2D eigenvalue weighted by molar-refractivity contribution is 0.0952. The monoisotopic (exact) mass is 290 g/mol. The molecule has 1 aromatic heterocycles. The molecule has 0 bridgehead atoms. The van der Waals surface area contributed by atoms with Gasteiger partial charge in [0.25, 0.3) is 5.91 Å². The van der Waals surface area contributed by atoms with Crippen molar-refractivity contribution in [1.29, 1.82) is 0 Å². The highest BCUT2D eigenvalue weighted by atomic mass is 35.5. The highest BCUT2D eigenvalue weighted by Gasteiger charge is 2.08. The molecule has 0 aromatic carbocycles. The summed E-state index contributed by atoms with van der Waals surface area (Å²) in [6, 6.07) is 1.50. The Morgan fingerprint density at radius 1 is 1.28 bits per heavy atom. The number of amides is 1. The van der Waals surface area contributed by atoms with E-state index in [9.17, 15) is 4.79 Å². The van der Waals surface area contributed by atoms with Gasteiger partial charge in [0.2, 0.25) is 0 Å². The number of aliphatic hydroxyl groups is 1. The lowest BCUT2D eigenvalue weighted by Gasteiger charge is -2.05. The molecule has 0 fully saturated rings. The molecule has 18 heavy (non-hydrogen) atoms. The summed E-state index contributed by atoms with van der Waals surface area (Å²) in [5.74, 6) is -0.205. The molecule has 0 saturated heterocycles. The molecular weight excluding hydrogens is 275 g/mol. The molecular formula is C12H16Cl2N2O2. The van der Waals surface area contributed by atoms with Crippen molar-refractivity contribution in [3.63, 3.8) is 0 Å². The minimum Gasteiger partial charge on any atom is -0.396 e. The van der Waals surface area contributed by atoms with Crippen LogP contribution in [0.1, 0.15) is 36.0 Å². The maximum Gasteiger partial charge on any atom is 0.252 e.